The first-order valence-electron chi connectivity index (χ1n) is 9.11. The Morgan fingerprint density at radius 1 is 1.08 bits per heavy atom. The SMILES string of the molecule is CCN(CCN(CCO)CCO)CCN1CCOc2cc(N)ccc21. The molecule has 2 rings (SSSR count). The van der Waals surface area contributed by atoms with Crippen LogP contribution in [0.4, 0.5) is 11.4 Å². The third-order valence-electron chi connectivity index (χ3n) is 4.64. The first-order valence-corrected chi connectivity index (χ1v) is 9.11. The molecular weight excluding hydrogens is 320 g/mol. The highest BCUT2D eigenvalue weighted by Gasteiger charge is 2.18. The summed E-state index contributed by atoms with van der Waals surface area (Å²) >= 11 is 0. The summed E-state index contributed by atoms with van der Waals surface area (Å²) in [7, 11) is 0. The van der Waals surface area contributed by atoms with Crippen molar-refractivity contribution in [2.75, 3.05) is 82.8 Å². The van der Waals surface area contributed by atoms with E-state index < -0.39 is 0 Å². The van der Waals surface area contributed by atoms with E-state index in [0.717, 1.165) is 56.4 Å². The molecule has 25 heavy (non-hydrogen) atoms. The Morgan fingerprint density at radius 2 is 1.80 bits per heavy atom. The lowest BCUT2D eigenvalue weighted by atomic mass is 10.2. The molecule has 142 valence electrons. The molecule has 1 aliphatic heterocycles. The molecule has 7 heteroatoms. The summed E-state index contributed by atoms with van der Waals surface area (Å²) in [6, 6.07) is 5.84. The molecule has 1 aliphatic rings. The van der Waals surface area contributed by atoms with Crippen LogP contribution in [0.1, 0.15) is 6.92 Å². The number of likely N-dealkylation sites (N-methyl/N-ethyl adjacent to an activating group) is 1. The second-order valence-electron chi connectivity index (χ2n) is 6.29. The summed E-state index contributed by atoms with van der Waals surface area (Å²) in [4.78, 5) is 6.84. The number of aliphatic hydroxyl groups is 2. The quantitative estimate of drug-likeness (QED) is 0.486. The molecular formula is C18H32N4O3. The second-order valence-corrected chi connectivity index (χ2v) is 6.29. The van der Waals surface area contributed by atoms with Crippen molar-refractivity contribution in [3.8, 4) is 5.75 Å². The molecule has 1 aromatic carbocycles. The molecule has 0 fully saturated rings. The monoisotopic (exact) mass is 352 g/mol. The zero-order chi connectivity index (χ0) is 18.1. The van der Waals surface area contributed by atoms with Crippen molar-refractivity contribution >= 4 is 11.4 Å². The Kier molecular flexibility index (Phi) is 8.27. The predicted octanol–water partition coefficient (Wildman–Crippen LogP) is 0.0761. The van der Waals surface area contributed by atoms with Crippen molar-refractivity contribution in [3.63, 3.8) is 0 Å². The molecule has 0 atom stereocenters. The smallest absolute Gasteiger partial charge is 0.144 e. The lowest BCUT2D eigenvalue weighted by molar-refractivity contribution is 0.144. The number of anilines is 2. The summed E-state index contributed by atoms with van der Waals surface area (Å²) in [5.74, 6) is 0.867. The number of nitrogens with zero attached hydrogens (tertiary/aromatic N) is 3. The third-order valence-corrected chi connectivity index (χ3v) is 4.64. The number of hydrogen-bond donors (Lipinski definition) is 3. The van der Waals surface area contributed by atoms with Crippen LogP contribution < -0.4 is 15.4 Å². The lowest BCUT2D eigenvalue weighted by Gasteiger charge is -2.33. The Labute approximate surface area is 150 Å². The van der Waals surface area contributed by atoms with E-state index in [2.05, 4.69) is 21.6 Å². The molecule has 1 aromatic rings. The highest BCUT2D eigenvalue weighted by Crippen LogP contribution is 2.32. The number of ether oxygens (including phenoxy) is 1. The van der Waals surface area contributed by atoms with Gasteiger partial charge in [0.05, 0.1) is 25.4 Å². The van der Waals surface area contributed by atoms with Gasteiger partial charge < -0.3 is 30.5 Å². The van der Waals surface area contributed by atoms with E-state index in [0.29, 0.717) is 19.7 Å². The van der Waals surface area contributed by atoms with Crippen molar-refractivity contribution in [1.82, 2.24) is 9.80 Å². The maximum Gasteiger partial charge on any atom is 0.144 e. The minimum absolute atomic E-state index is 0.125. The number of nitrogens with two attached hydrogens (primary N) is 1. The fourth-order valence-corrected chi connectivity index (χ4v) is 3.12. The van der Waals surface area contributed by atoms with E-state index in [4.69, 9.17) is 20.7 Å². The number of fused-ring (bicyclic) bond motifs is 1. The van der Waals surface area contributed by atoms with Gasteiger partial charge in [0.1, 0.15) is 12.4 Å². The third kappa shape index (κ3) is 6.04. The van der Waals surface area contributed by atoms with Gasteiger partial charge in [-0.15, -0.1) is 0 Å². The zero-order valence-corrected chi connectivity index (χ0v) is 15.2. The molecule has 0 unspecified atom stereocenters. The van der Waals surface area contributed by atoms with Crippen molar-refractivity contribution in [3.05, 3.63) is 18.2 Å². The summed E-state index contributed by atoms with van der Waals surface area (Å²) in [5, 5.41) is 18.2. The molecule has 7 nitrogen and oxygen atoms in total. The number of benzene rings is 1. The molecule has 0 aliphatic carbocycles. The van der Waals surface area contributed by atoms with Crippen LogP contribution >= 0.6 is 0 Å². The average molecular weight is 352 g/mol. The van der Waals surface area contributed by atoms with Gasteiger partial charge in [0, 0.05) is 51.0 Å². The van der Waals surface area contributed by atoms with E-state index in [1.54, 1.807) is 0 Å². The molecule has 0 spiro atoms. The summed E-state index contributed by atoms with van der Waals surface area (Å²) in [5.41, 5.74) is 7.68. The van der Waals surface area contributed by atoms with Gasteiger partial charge in [-0.05, 0) is 18.7 Å². The normalized spacial score (nSPS) is 14.0. The van der Waals surface area contributed by atoms with E-state index in [1.165, 1.54) is 0 Å². The van der Waals surface area contributed by atoms with Crippen molar-refractivity contribution in [2.24, 2.45) is 0 Å². The first-order chi connectivity index (χ1) is 12.2. The van der Waals surface area contributed by atoms with E-state index in [-0.39, 0.29) is 13.2 Å². The van der Waals surface area contributed by atoms with Crippen LogP contribution in [0.25, 0.3) is 0 Å². The molecule has 1 heterocycles. The lowest BCUT2D eigenvalue weighted by Crippen LogP contribution is -2.42. The molecule has 0 radical (unpaired) electrons. The van der Waals surface area contributed by atoms with Crippen LogP contribution in [0.5, 0.6) is 5.75 Å². The molecule has 0 bridgehead atoms. The summed E-state index contributed by atoms with van der Waals surface area (Å²) in [6.45, 7) is 9.86. The van der Waals surface area contributed by atoms with Crippen LogP contribution in [0.3, 0.4) is 0 Å². The molecule has 0 saturated heterocycles. The molecule has 4 N–H and O–H groups in total. The topological polar surface area (TPSA) is 85.4 Å². The Hall–Kier alpha value is -1.54. The van der Waals surface area contributed by atoms with Gasteiger partial charge in [-0.3, -0.25) is 4.90 Å². The summed E-state index contributed by atoms with van der Waals surface area (Å²) in [6.07, 6.45) is 0. The first kappa shape index (κ1) is 19.8. The van der Waals surface area contributed by atoms with Gasteiger partial charge in [-0.1, -0.05) is 6.92 Å². The number of nitrogen functional groups attached to an aromatic ring is 1. The molecule has 0 amide bonds. The van der Waals surface area contributed by atoms with Crippen molar-refractivity contribution in [1.29, 1.82) is 0 Å². The number of hydrogen-bond acceptors (Lipinski definition) is 7. The fraction of sp³-hybridized carbons (Fsp3) is 0.667. The number of rotatable bonds is 11. The number of aliphatic hydroxyl groups excluding tert-OH is 2. The highest BCUT2D eigenvalue weighted by molar-refractivity contribution is 5.65. The van der Waals surface area contributed by atoms with Crippen LogP contribution in [-0.2, 0) is 0 Å². The van der Waals surface area contributed by atoms with E-state index in [1.807, 2.05) is 18.2 Å². The van der Waals surface area contributed by atoms with E-state index >= 15 is 0 Å². The van der Waals surface area contributed by atoms with Crippen LogP contribution in [0, 0.1) is 0 Å². The van der Waals surface area contributed by atoms with Crippen molar-refractivity contribution < 1.29 is 14.9 Å². The van der Waals surface area contributed by atoms with Crippen molar-refractivity contribution in [2.45, 2.75) is 6.92 Å². The van der Waals surface area contributed by atoms with Gasteiger partial charge >= 0.3 is 0 Å². The van der Waals surface area contributed by atoms with Gasteiger partial charge in [0.15, 0.2) is 0 Å². The van der Waals surface area contributed by atoms with Gasteiger partial charge in [-0.2, -0.15) is 0 Å². The standard InChI is InChI=1S/C18H32N4O3/c1-2-20(5-6-21(9-12-23)10-13-24)7-8-22-11-14-25-18-15-16(19)3-4-17(18)22/h3-4,15,23-24H,2,5-14,19H2,1H3. The largest absolute Gasteiger partial charge is 0.489 e. The Bertz CT molecular complexity index is 509. The minimum atomic E-state index is 0.125. The average Bonchev–Trinajstić information content (AvgIpc) is 2.61. The fourth-order valence-electron chi connectivity index (χ4n) is 3.12. The van der Waals surface area contributed by atoms with Gasteiger partial charge in [0.25, 0.3) is 0 Å². The van der Waals surface area contributed by atoms with Gasteiger partial charge in [0.2, 0.25) is 0 Å². The maximum absolute atomic E-state index is 9.11. The molecule has 0 saturated carbocycles. The Morgan fingerprint density at radius 3 is 2.48 bits per heavy atom. The summed E-state index contributed by atoms with van der Waals surface area (Å²) < 4.78 is 5.71. The van der Waals surface area contributed by atoms with Gasteiger partial charge in [-0.25, -0.2) is 0 Å². The Balaban J connectivity index is 1.84. The van der Waals surface area contributed by atoms with Crippen LogP contribution in [0.15, 0.2) is 18.2 Å². The van der Waals surface area contributed by atoms with E-state index in [9.17, 15) is 0 Å². The predicted molar refractivity (Wildman–Crippen MR) is 101 cm³/mol. The zero-order valence-electron chi connectivity index (χ0n) is 15.2. The maximum atomic E-state index is 9.11. The van der Waals surface area contributed by atoms with Crippen LogP contribution in [-0.4, -0.2) is 92.2 Å². The minimum Gasteiger partial charge on any atom is -0.489 e. The van der Waals surface area contributed by atoms with Crippen LogP contribution in [0.2, 0.25) is 0 Å². The highest BCUT2D eigenvalue weighted by atomic mass is 16.5. The molecule has 0 aromatic heterocycles. The second kappa shape index (κ2) is 10.5.